The lowest BCUT2D eigenvalue weighted by atomic mass is 9.85. The van der Waals surface area contributed by atoms with Crippen LogP contribution in [0.25, 0.3) is 32.9 Å². The monoisotopic (exact) mass is 370 g/mol. The molecule has 0 aliphatic heterocycles. The van der Waals surface area contributed by atoms with Gasteiger partial charge in [0.15, 0.2) is 0 Å². The van der Waals surface area contributed by atoms with Crippen LogP contribution in [0.15, 0.2) is 60.7 Å². The lowest BCUT2D eigenvalue weighted by Crippen LogP contribution is -2.21. The van der Waals surface area contributed by atoms with Crippen LogP contribution >= 0.6 is 0 Å². The van der Waals surface area contributed by atoms with Gasteiger partial charge in [0, 0.05) is 33.1 Å². The number of para-hydroxylation sites is 1. The Morgan fingerprint density at radius 3 is 2.07 bits per heavy atom. The summed E-state index contributed by atoms with van der Waals surface area (Å²) in [5.41, 5.74) is 13.4. The van der Waals surface area contributed by atoms with E-state index in [-0.39, 0.29) is 11.0 Å². The van der Waals surface area contributed by atoms with Gasteiger partial charge in [0.05, 0.1) is 5.52 Å². The second-order valence-corrected chi connectivity index (χ2v) is 9.81. The Labute approximate surface area is 168 Å². The summed E-state index contributed by atoms with van der Waals surface area (Å²) in [6, 6.07) is 21.9. The van der Waals surface area contributed by atoms with Crippen molar-refractivity contribution < 1.29 is 0 Å². The van der Waals surface area contributed by atoms with E-state index < -0.39 is 0 Å². The Morgan fingerprint density at radius 1 is 0.714 bits per heavy atom. The Morgan fingerprint density at radius 2 is 1.39 bits per heavy atom. The molecule has 0 radical (unpaired) electrons. The van der Waals surface area contributed by atoms with Crippen LogP contribution in [0.4, 0.5) is 5.69 Å². The van der Waals surface area contributed by atoms with E-state index in [0.29, 0.717) is 0 Å². The van der Waals surface area contributed by atoms with Crippen molar-refractivity contribution in [3.05, 3.63) is 66.2 Å². The number of rotatable bonds is 1. The van der Waals surface area contributed by atoms with Gasteiger partial charge in [-0.3, -0.25) is 0 Å². The number of hydrogen-bond donors (Lipinski definition) is 1. The van der Waals surface area contributed by atoms with E-state index in [1.54, 1.807) is 0 Å². The Kier molecular flexibility index (Phi) is 4.08. The second-order valence-electron chi connectivity index (χ2n) is 9.81. The van der Waals surface area contributed by atoms with Crippen LogP contribution in [-0.2, 0) is 11.0 Å². The van der Waals surface area contributed by atoms with Crippen LogP contribution in [-0.4, -0.2) is 4.57 Å². The quantitative estimate of drug-likeness (QED) is 0.356. The van der Waals surface area contributed by atoms with E-state index in [0.717, 1.165) is 11.3 Å². The molecule has 2 heteroatoms. The van der Waals surface area contributed by atoms with Crippen molar-refractivity contribution in [2.45, 2.75) is 52.5 Å². The van der Waals surface area contributed by atoms with E-state index in [2.05, 4.69) is 101 Å². The van der Waals surface area contributed by atoms with Gasteiger partial charge in [0.1, 0.15) is 0 Å². The summed E-state index contributed by atoms with van der Waals surface area (Å²) >= 11 is 0. The number of anilines is 1. The molecule has 0 amide bonds. The third-order valence-corrected chi connectivity index (χ3v) is 5.57. The van der Waals surface area contributed by atoms with E-state index in [4.69, 9.17) is 5.73 Å². The molecule has 0 saturated carbocycles. The summed E-state index contributed by atoms with van der Waals surface area (Å²) in [4.78, 5) is 0. The van der Waals surface area contributed by atoms with Crippen molar-refractivity contribution in [2.24, 2.45) is 0 Å². The van der Waals surface area contributed by atoms with Crippen molar-refractivity contribution in [2.75, 3.05) is 5.73 Å². The van der Waals surface area contributed by atoms with Gasteiger partial charge in [-0.05, 0) is 61.6 Å². The summed E-state index contributed by atoms with van der Waals surface area (Å²) in [5.74, 6) is 0. The van der Waals surface area contributed by atoms with Gasteiger partial charge >= 0.3 is 0 Å². The zero-order chi connectivity index (χ0) is 20.3. The molecular weight excluding hydrogens is 340 g/mol. The molecule has 1 aromatic heterocycles. The van der Waals surface area contributed by atoms with E-state index in [9.17, 15) is 0 Å². The van der Waals surface area contributed by atoms with Crippen LogP contribution in [0.1, 0.15) is 47.1 Å². The van der Waals surface area contributed by atoms with E-state index in [1.807, 2.05) is 6.07 Å². The number of benzene rings is 3. The highest BCUT2D eigenvalue weighted by molar-refractivity contribution is 6.09. The first-order valence-electron chi connectivity index (χ1n) is 10.0. The van der Waals surface area contributed by atoms with E-state index in [1.165, 1.54) is 32.9 Å². The van der Waals surface area contributed by atoms with Gasteiger partial charge < -0.3 is 10.3 Å². The number of nitrogens with zero attached hydrogens (tertiary/aromatic N) is 1. The molecule has 1 heterocycles. The molecule has 0 fully saturated rings. The molecule has 2 N–H and O–H groups in total. The highest BCUT2D eigenvalue weighted by Gasteiger charge is 2.21. The number of aromatic nitrogens is 1. The third-order valence-electron chi connectivity index (χ3n) is 5.57. The van der Waals surface area contributed by atoms with Gasteiger partial charge in [0.25, 0.3) is 0 Å². The first kappa shape index (κ1) is 18.6. The van der Waals surface area contributed by atoms with Gasteiger partial charge in [0.2, 0.25) is 0 Å². The second kappa shape index (κ2) is 6.13. The van der Waals surface area contributed by atoms with Crippen LogP contribution in [0.3, 0.4) is 0 Å². The SMILES string of the molecule is CC(C)(C)c1ccc(N)c(-c2ccc3c4ccccc4n(C(C)(C)C)c3c2)c1. The van der Waals surface area contributed by atoms with E-state index >= 15 is 0 Å². The lowest BCUT2D eigenvalue weighted by Gasteiger charge is -2.24. The van der Waals surface area contributed by atoms with Crippen molar-refractivity contribution in [1.82, 2.24) is 4.57 Å². The lowest BCUT2D eigenvalue weighted by molar-refractivity contribution is 0.423. The smallest absolute Gasteiger partial charge is 0.0502 e. The zero-order valence-corrected chi connectivity index (χ0v) is 17.8. The molecule has 2 nitrogen and oxygen atoms in total. The van der Waals surface area contributed by atoms with Crippen molar-refractivity contribution in [1.29, 1.82) is 0 Å². The molecule has 0 saturated heterocycles. The predicted molar refractivity (Wildman–Crippen MR) is 123 cm³/mol. The highest BCUT2D eigenvalue weighted by Crippen LogP contribution is 2.38. The topological polar surface area (TPSA) is 30.9 Å². The van der Waals surface area contributed by atoms with Crippen LogP contribution in [0.5, 0.6) is 0 Å². The minimum absolute atomic E-state index is 0.0151. The first-order chi connectivity index (χ1) is 13.1. The van der Waals surface area contributed by atoms with Crippen LogP contribution in [0, 0.1) is 0 Å². The standard InChI is InChI=1S/C26H30N2/c1-25(2,3)18-12-14-22(27)21(16-18)17-11-13-20-19-9-7-8-10-23(19)28(24(20)15-17)26(4,5)6/h7-16H,27H2,1-6H3. The molecule has 0 aliphatic carbocycles. The molecule has 0 unspecified atom stereocenters. The maximum atomic E-state index is 6.40. The summed E-state index contributed by atoms with van der Waals surface area (Å²) in [7, 11) is 0. The fourth-order valence-electron chi connectivity index (χ4n) is 4.13. The van der Waals surface area contributed by atoms with Crippen LogP contribution < -0.4 is 5.73 Å². The minimum Gasteiger partial charge on any atom is -0.398 e. The predicted octanol–water partition coefficient (Wildman–Crippen LogP) is 7.10. The van der Waals surface area contributed by atoms with Crippen molar-refractivity contribution in [3.63, 3.8) is 0 Å². The Hall–Kier alpha value is -2.74. The van der Waals surface area contributed by atoms with Crippen LogP contribution in [0.2, 0.25) is 0 Å². The average Bonchev–Trinajstić information content (AvgIpc) is 2.94. The summed E-state index contributed by atoms with van der Waals surface area (Å²) in [6.45, 7) is 13.5. The molecule has 0 atom stereocenters. The summed E-state index contributed by atoms with van der Waals surface area (Å²) < 4.78 is 2.45. The Bertz CT molecular complexity index is 1180. The van der Waals surface area contributed by atoms with Crippen molar-refractivity contribution >= 4 is 27.5 Å². The van der Waals surface area contributed by atoms with Gasteiger partial charge in [-0.15, -0.1) is 0 Å². The highest BCUT2D eigenvalue weighted by atomic mass is 15.0. The molecule has 4 aromatic rings. The molecule has 0 aliphatic rings. The van der Waals surface area contributed by atoms with Crippen molar-refractivity contribution in [3.8, 4) is 11.1 Å². The zero-order valence-electron chi connectivity index (χ0n) is 17.8. The number of nitrogen functional groups attached to an aromatic ring is 1. The normalized spacial score (nSPS) is 12.8. The number of fused-ring (bicyclic) bond motifs is 3. The van der Waals surface area contributed by atoms with Gasteiger partial charge in [-0.2, -0.15) is 0 Å². The molecular formula is C26H30N2. The molecule has 0 bridgehead atoms. The average molecular weight is 371 g/mol. The Balaban J connectivity index is 2.03. The first-order valence-corrected chi connectivity index (χ1v) is 10.0. The molecule has 144 valence electrons. The fourth-order valence-corrected chi connectivity index (χ4v) is 4.13. The molecule has 3 aromatic carbocycles. The molecule has 0 spiro atoms. The van der Waals surface area contributed by atoms with Gasteiger partial charge in [-0.1, -0.05) is 57.2 Å². The fraction of sp³-hybridized carbons (Fsp3) is 0.308. The van der Waals surface area contributed by atoms with Gasteiger partial charge in [-0.25, -0.2) is 0 Å². The maximum absolute atomic E-state index is 6.40. The number of hydrogen-bond acceptors (Lipinski definition) is 1. The summed E-state index contributed by atoms with van der Waals surface area (Å²) in [6.07, 6.45) is 0. The minimum atomic E-state index is -0.0151. The molecule has 4 rings (SSSR count). The third kappa shape index (κ3) is 2.97. The molecule has 28 heavy (non-hydrogen) atoms. The summed E-state index contributed by atoms with van der Waals surface area (Å²) in [5, 5.41) is 2.59. The largest absolute Gasteiger partial charge is 0.398 e. The maximum Gasteiger partial charge on any atom is 0.0502 e. The number of nitrogens with two attached hydrogens (primary N) is 1.